The van der Waals surface area contributed by atoms with Crippen LogP contribution in [0.3, 0.4) is 0 Å². The van der Waals surface area contributed by atoms with Crippen molar-refractivity contribution in [2.45, 2.75) is 0 Å². The van der Waals surface area contributed by atoms with Crippen molar-refractivity contribution >= 4 is 28.8 Å². The lowest BCUT2D eigenvalue weighted by Crippen LogP contribution is -2.04. The fourth-order valence-corrected chi connectivity index (χ4v) is 4.25. The van der Waals surface area contributed by atoms with Crippen LogP contribution in [0.4, 0.5) is 0 Å². The molecule has 60 valence electrons. The van der Waals surface area contributed by atoms with Gasteiger partial charge in [-0.05, 0) is 37.3 Å². The largest absolute Gasteiger partial charge is 0.450 e. The molecule has 11 heavy (non-hydrogen) atoms. The Kier molecular flexibility index (Phi) is 2.66. The lowest BCUT2D eigenvalue weighted by Gasteiger charge is -2.20. The molecular formula is C6H8NOPS2. The number of terminal acetylenes is 1. The minimum atomic E-state index is -1.87. The zero-order valence-corrected chi connectivity index (χ0v) is 8.80. The lowest BCUT2D eigenvalue weighted by atomic mass is 10.6. The van der Waals surface area contributed by atoms with Gasteiger partial charge in [-0.15, -0.1) is 6.42 Å². The van der Waals surface area contributed by atoms with Gasteiger partial charge in [-0.3, -0.25) is 0 Å². The summed E-state index contributed by atoms with van der Waals surface area (Å²) in [6, 6.07) is 0. The Morgan fingerprint density at radius 1 is 1.82 bits per heavy atom. The van der Waals surface area contributed by atoms with Crippen LogP contribution in [0.15, 0.2) is 11.2 Å². The predicted molar refractivity (Wildman–Crippen MR) is 53.6 cm³/mol. The second-order valence-corrected chi connectivity index (χ2v) is 8.92. The highest BCUT2D eigenvalue weighted by Crippen LogP contribution is 2.68. The first-order valence-electron chi connectivity index (χ1n) is 2.91. The van der Waals surface area contributed by atoms with E-state index < -0.39 is 5.62 Å². The molecule has 0 aromatic heterocycles. The van der Waals surface area contributed by atoms with Gasteiger partial charge in [0.05, 0.1) is 0 Å². The molecule has 1 rings (SSSR count). The van der Waals surface area contributed by atoms with Gasteiger partial charge >= 0.3 is 0 Å². The van der Waals surface area contributed by atoms with Crippen molar-refractivity contribution < 1.29 is 4.52 Å². The van der Waals surface area contributed by atoms with E-state index in [1.807, 2.05) is 18.8 Å². The predicted octanol–water partition coefficient (Wildman–Crippen LogP) is 2.01. The molecule has 0 N–H and O–H groups in total. The fraction of sp³-hybridized carbons (Fsp3) is 0.333. The highest BCUT2D eigenvalue weighted by atomic mass is 32.9. The fourth-order valence-electron chi connectivity index (χ4n) is 0.518. The van der Waals surface area contributed by atoms with E-state index in [4.69, 9.17) is 22.8 Å². The minimum absolute atomic E-state index is 0.794. The van der Waals surface area contributed by atoms with Crippen LogP contribution < -0.4 is 0 Å². The summed E-state index contributed by atoms with van der Waals surface area (Å²) in [5, 5.41) is 0. The van der Waals surface area contributed by atoms with Crippen LogP contribution in [0.25, 0.3) is 0 Å². The molecule has 0 fully saturated rings. The van der Waals surface area contributed by atoms with Gasteiger partial charge in [0.15, 0.2) is 0 Å². The molecule has 0 aliphatic carbocycles. The Bertz CT molecular complexity index is 279. The third-order valence-electron chi connectivity index (χ3n) is 1.14. The molecule has 1 aliphatic heterocycles. The summed E-state index contributed by atoms with van der Waals surface area (Å²) in [6.45, 7) is 0. The van der Waals surface area contributed by atoms with Crippen LogP contribution >= 0.6 is 17.0 Å². The van der Waals surface area contributed by atoms with Gasteiger partial charge in [-0.1, -0.05) is 5.92 Å². The molecule has 5 heteroatoms. The maximum atomic E-state index is 5.32. The van der Waals surface area contributed by atoms with Gasteiger partial charge in [0.2, 0.25) is 5.62 Å². The van der Waals surface area contributed by atoms with Gasteiger partial charge in [0.1, 0.15) is 11.2 Å². The van der Waals surface area contributed by atoms with E-state index in [2.05, 4.69) is 5.92 Å². The van der Waals surface area contributed by atoms with Crippen LogP contribution in [-0.2, 0) is 16.3 Å². The molecule has 1 aliphatic rings. The molecule has 0 amide bonds. The lowest BCUT2D eigenvalue weighted by molar-refractivity contribution is 0.492. The molecular weight excluding hydrogens is 197 g/mol. The molecule has 0 spiro atoms. The van der Waals surface area contributed by atoms with Gasteiger partial charge in [0.25, 0.3) is 0 Å². The summed E-state index contributed by atoms with van der Waals surface area (Å²) in [5.74, 6) is 2.51. The van der Waals surface area contributed by atoms with Gasteiger partial charge in [-0.25, -0.2) is 4.67 Å². The normalized spacial score (nSPS) is 29.5. The van der Waals surface area contributed by atoms with E-state index in [1.54, 1.807) is 6.26 Å². The Morgan fingerprint density at radius 2 is 2.45 bits per heavy atom. The van der Waals surface area contributed by atoms with E-state index in [0.29, 0.717) is 0 Å². The Hall–Kier alpha value is 0.0600. The first-order chi connectivity index (χ1) is 5.08. The van der Waals surface area contributed by atoms with Crippen molar-refractivity contribution in [3.63, 3.8) is 0 Å². The summed E-state index contributed by atoms with van der Waals surface area (Å²) in [7, 11) is 3.81. The smallest absolute Gasteiger partial charge is 0.241 e. The monoisotopic (exact) mass is 205 g/mol. The van der Waals surface area contributed by atoms with Crippen molar-refractivity contribution in [1.29, 1.82) is 0 Å². The summed E-state index contributed by atoms with van der Waals surface area (Å²) in [4.78, 5) is 0.794. The summed E-state index contributed by atoms with van der Waals surface area (Å²) >= 11 is 6.74. The van der Waals surface area contributed by atoms with Crippen molar-refractivity contribution in [3.05, 3.63) is 11.2 Å². The Morgan fingerprint density at radius 3 is 2.73 bits per heavy atom. The SMILES string of the molecule is C#CC1=COP(=S)(N(C)C)S1. The van der Waals surface area contributed by atoms with Crippen molar-refractivity contribution in [2.75, 3.05) is 14.1 Å². The average Bonchev–Trinajstić information content (AvgIpc) is 2.33. The number of nitrogens with zero attached hydrogens (tertiary/aromatic N) is 1. The Balaban J connectivity index is 2.75. The summed E-state index contributed by atoms with van der Waals surface area (Å²) in [5.41, 5.74) is -1.87. The number of allylic oxidation sites excluding steroid dienone is 1. The Labute approximate surface area is 75.9 Å². The van der Waals surface area contributed by atoms with Gasteiger partial charge < -0.3 is 4.52 Å². The minimum Gasteiger partial charge on any atom is -0.450 e. The third-order valence-corrected chi connectivity index (χ3v) is 7.56. The molecule has 0 saturated carbocycles. The average molecular weight is 205 g/mol. The zero-order chi connectivity index (χ0) is 8.48. The van der Waals surface area contributed by atoms with Crippen LogP contribution in [0, 0.1) is 12.3 Å². The van der Waals surface area contributed by atoms with Crippen molar-refractivity contribution in [2.24, 2.45) is 0 Å². The molecule has 1 unspecified atom stereocenters. The number of hydrogen-bond donors (Lipinski definition) is 0. The highest BCUT2D eigenvalue weighted by Gasteiger charge is 2.28. The van der Waals surface area contributed by atoms with E-state index >= 15 is 0 Å². The van der Waals surface area contributed by atoms with E-state index in [9.17, 15) is 0 Å². The molecule has 1 atom stereocenters. The summed E-state index contributed by atoms with van der Waals surface area (Å²) < 4.78 is 7.23. The maximum absolute atomic E-state index is 5.32. The molecule has 0 saturated heterocycles. The standard InChI is InChI=1S/C6H8NOPS2/c1-4-6-5-8-9(10,11-6)7(2)3/h1,5H,2-3H3. The topological polar surface area (TPSA) is 12.5 Å². The van der Waals surface area contributed by atoms with E-state index in [-0.39, 0.29) is 0 Å². The van der Waals surface area contributed by atoms with Crippen LogP contribution in [0.5, 0.6) is 0 Å². The second kappa shape index (κ2) is 3.20. The first-order valence-corrected chi connectivity index (χ1v) is 7.00. The van der Waals surface area contributed by atoms with Crippen LogP contribution in [0.2, 0.25) is 0 Å². The molecule has 0 bridgehead atoms. The van der Waals surface area contributed by atoms with Crippen molar-refractivity contribution in [3.8, 4) is 12.3 Å². The zero-order valence-electron chi connectivity index (χ0n) is 6.27. The maximum Gasteiger partial charge on any atom is 0.241 e. The third kappa shape index (κ3) is 1.80. The number of rotatable bonds is 1. The first kappa shape index (κ1) is 9.15. The molecule has 0 radical (unpaired) electrons. The highest BCUT2D eigenvalue weighted by molar-refractivity contribution is 8.70. The van der Waals surface area contributed by atoms with Crippen LogP contribution in [0.1, 0.15) is 0 Å². The van der Waals surface area contributed by atoms with Crippen molar-refractivity contribution in [1.82, 2.24) is 4.67 Å². The molecule has 0 aromatic carbocycles. The molecule has 2 nitrogen and oxygen atoms in total. The molecule has 1 heterocycles. The summed E-state index contributed by atoms with van der Waals surface area (Å²) in [6.07, 6.45) is 6.76. The van der Waals surface area contributed by atoms with Gasteiger partial charge in [0, 0.05) is 0 Å². The van der Waals surface area contributed by atoms with E-state index in [1.165, 1.54) is 11.4 Å². The number of hydrogen-bond acceptors (Lipinski definition) is 3. The van der Waals surface area contributed by atoms with Gasteiger partial charge in [-0.2, -0.15) is 0 Å². The molecule has 0 aromatic rings. The van der Waals surface area contributed by atoms with Crippen LogP contribution in [-0.4, -0.2) is 18.8 Å². The quantitative estimate of drug-likeness (QED) is 0.479. The second-order valence-electron chi connectivity index (χ2n) is 2.14. The van der Waals surface area contributed by atoms with E-state index in [0.717, 1.165) is 4.91 Å².